The third-order valence-electron chi connectivity index (χ3n) is 4.77. The summed E-state index contributed by atoms with van der Waals surface area (Å²) < 4.78 is 12.6. The van der Waals surface area contributed by atoms with E-state index >= 15 is 0 Å². The third-order valence-corrected chi connectivity index (χ3v) is 4.77. The van der Waals surface area contributed by atoms with Crippen molar-refractivity contribution >= 4 is 23.3 Å². The first kappa shape index (κ1) is 22.3. The van der Waals surface area contributed by atoms with Crippen molar-refractivity contribution in [1.29, 1.82) is 5.26 Å². The van der Waals surface area contributed by atoms with Gasteiger partial charge in [-0.05, 0) is 61.5 Å². The summed E-state index contributed by atoms with van der Waals surface area (Å²) in [6.45, 7) is 2.40. The van der Waals surface area contributed by atoms with E-state index in [1.54, 1.807) is 72.9 Å². The molecule has 2 aromatic carbocycles. The molecule has 0 fully saturated rings. The van der Waals surface area contributed by atoms with Gasteiger partial charge in [-0.25, -0.2) is 0 Å². The Labute approximate surface area is 195 Å². The molecule has 0 aliphatic carbocycles. The summed E-state index contributed by atoms with van der Waals surface area (Å²) in [6.07, 6.45) is 2.75. The van der Waals surface area contributed by atoms with Gasteiger partial charge in [0.1, 0.15) is 34.4 Å². The SMILES string of the molecule is CCOc1ccc(NC(=O)/C(C#N)=C/c2c(Oc3ccccc3)nc3ccccn3c2=O)cc1. The first-order valence-electron chi connectivity index (χ1n) is 10.5. The highest BCUT2D eigenvalue weighted by Crippen LogP contribution is 2.24. The molecule has 0 saturated heterocycles. The van der Waals surface area contributed by atoms with Gasteiger partial charge in [0, 0.05) is 11.9 Å². The summed E-state index contributed by atoms with van der Waals surface area (Å²) in [5, 5.41) is 12.3. The molecule has 168 valence electrons. The van der Waals surface area contributed by atoms with Crippen LogP contribution in [0.5, 0.6) is 17.4 Å². The highest BCUT2D eigenvalue weighted by atomic mass is 16.5. The van der Waals surface area contributed by atoms with Gasteiger partial charge >= 0.3 is 0 Å². The van der Waals surface area contributed by atoms with Gasteiger partial charge in [0.25, 0.3) is 11.5 Å². The molecule has 4 rings (SSSR count). The van der Waals surface area contributed by atoms with Crippen LogP contribution in [0.25, 0.3) is 11.7 Å². The molecule has 0 aliphatic heterocycles. The minimum atomic E-state index is -0.671. The molecule has 34 heavy (non-hydrogen) atoms. The number of ether oxygens (including phenoxy) is 2. The van der Waals surface area contributed by atoms with Crippen LogP contribution in [-0.4, -0.2) is 21.9 Å². The highest BCUT2D eigenvalue weighted by Gasteiger charge is 2.17. The molecule has 0 radical (unpaired) electrons. The molecule has 0 spiro atoms. The molecule has 8 nitrogen and oxygen atoms in total. The molecule has 2 heterocycles. The number of nitrogens with one attached hydrogen (secondary N) is 1. The van der Waals surface area contributed by atoms with Gasteiger partial charge in [-0.2, -0.15) is 10.2 Å². The lowest BCUT2D eigenvalue weighted by Gasteiger charge is -2.10. The Morgan fingerprint density at radius 2 is 1.79 bits per heavy atom. The van der Waals surface area contributed by atoms with Crippen molar-refractivity contribution in [3.63, 3.8) is 0 Å². The maximum Gasteiger partial charge on any atom is 0.269 e. The van der Waals surface area contributed by atoms with Crippen LogP contribution in [0.15, 0.2) is 89.4 Å². The number of fused-ring (bicyclic) bond motifs is 1. The van der Waals surface area contributed by atoms with E-state index in [1.807, 2.05) is 19.1 Å². The monoisotopic (exact) mass is 452 g/mol. The van der Waals surface area contributed by atoms with E-state index in [2.05, 4.69) is 10.3 Å². The Balaban J connectivity index is 1.72. The van der Waals surface area contributed by atoms with E-state index in [1.165, 1.54) is 10.5 Å². The topological polar surface area (TPSA) is 106 Å². The molecule has 0 saturated carbocycles. The van der Waals surface area contributed by atoms with Crippen molar-refractivity contribution in [3.05, 3.63) is 100 Å². The summed E-state index contributed by atoms with van der Waals surface area (Å²) in [6, 6.07) is 22.5. The third kappa shape index (κ3) is 4.95. The van der Waals surface area contributed by atoms with E-state index in [4.69, 9.17) is 9.47 Å². The highest BCUT2D eigenvalue weighted by molar-refractivity contribution is 6.09. The Kier molecular flexibility index (Phi) is 6.65. The normalized spacial score (nSPS) is 11.0. The average molecular weight is 452 g/mol. The van der Waals surface area contributed by atoms with Crippen LogP contribution in [-0.2, 0) is 4.79 Å². The number of anilines is 1. The van der Waals surface area contributed by atoms with Crippen molar-refractivity contribution in [2.75, 3.05) is 11.9 Å². The number of pyridine rings is 1. The van der Waals surface area contributed by atoms with Gasteiger partial charge in [0.15, 0.2) is 0 Å². The minimum Gasteiger partial charge on any atom is -0.494 e. The molecule has 2 aromatic heterocycles. The van der Waals surface area contributed by atoms with Gasteiger partial charge in [-0.1, -0.05) is 24.3 Å². The molecular weight excluding hydrogens is 432 g/mol. The fourth-order valence-electron chi connectivity index (χ4n) is 3.18. The number of nitrogens with zero attached hydrogens (tertiary/aromatic N) is 3. The van der Waals surface area contributed by atoms with Crippen LogP contribution >= 0.6 is 0 Å². The van der Waals surface area contributed by atoms with Gasteiger partial charge in [0.2, 0.25) is 5.88 Å². The summed E-state index contributed by atoms with van der Waals surface area (Å²) in [5.41, 5.74) is 0.0716. The fraction of sp³-hybridized carbons (Fsp3) is 0.0769. The maximum absolute atomic E-state index is 13.2. The first-order chi connectivity index (χ1) is 16.6. The summed E-state index contributed by atoms with van der Waals surface area (Å²) in [4.78, 5) is 30.4. The number of nitriles is 1. The lowest BCUT2D eigenvalue weighted by atomic mass is 10.1. The molecule has 0 aliphatic rings. The smallest absolute Gasteiger partial charge is 0.269 e. The van der Waals surface area contributed by atoms with Crippen LogP contribution in [0.2, 0.25) is 0 Å². The van der Waals surface area contributed by atoms with Crippen molar-refractivity contribution in [2.24, 2.45) is 0 Å². The van der Waals surface area contributed by atoms with E-state index in [-0.39, 0.29) is 17.0 Å². The zero-order valence-electron chi connectivity index (χ0n) is 18.3. The van der Waals surface area contributed by atoms with Crippen LogP contribution < -0.4 is 20.3 Å². The number of hydrogen-bond donors (Lipinski definition) is 1. The predicted molar refractivity (Wildman–Crippen MR) is 128 cm³/mol. The molecular formula is C26H20N4O4. The molecule has 0 atom stereocenters. The Hall–Kier alpha value is -4.90. The van der Waals surface area contributed by atoms with E-state index in [0.717, 1.165) is 0 Å². The summed E-state index contributed by atoms with van der Waals surface area (Å²) >= 11 is 0. The average Bonchev–Trinajstić information content (AvgIpc) is 2.86. The zero-order chi connectivity index (χ0) is 23.9. The van der Waals surface area contributed by atoms with Gasteiger partial charge in [-0.3, -0.25) is 14.0 Å². The van der Waals surface area contributed by atoms with Gasteiger partial charge in [0.05, 0.1) is 6.61 Å². The van der Waals surface area contributed by atoms with Gasteiger partial charge < -0.3 is 14.8 Å². The number of rotatable bonds is 7. The van der Waals surface area contributed by atoms with Crippen molar-refractivity contribution < 1.29 is 14.3 Å². The number of carbonyl (C=O) groups excluding carboxylic acids is 1. The van der Waals surface area contributed by atoms with E-state index in [9.17, 15) is 14.9 Å². The molecule has 0 unspecified atom stereocenters. The van der Waals surface area contributed by atoms with Crippen LogP contribution in [0.4, 0.5) is 5.69 Å². The molecule has 1 N–H and O–H groups in total. The minimum absolute atomic E-state index is 0.0102. The standard InChI is InChI=1S/C26H20N4O4/c1-2-33-20-13-11-19(12-14-20)28-24(31)18(17-27)16-22-25(34-21-8-4-3-5-9-21)29-23-10-6-7-15-30(23)26(22)32/h3-16H,2H2,1H3,(H,28,31)/b18-16+. The largest absolute Gasteiger partial charge is 0.494 e. The molecule has 8 heteroatoms. The molecule has 4 aromatic rings. The van der Waals surface area contributed by atoms with Crippen molar-refractivity contribution in [1.82, 2.24) is 9.38 Å². The number of hydrogen-bond acceptors (Lipinski definition) is 6. The Morgan fingerprint density at radius 3 is 2.50 bits per heavy atom. The number of benzene rings is 2. The zero-order valence-corrected chi connectivity index (χ0v) is 18.3. The Morgan fingerprint density at radius 1 is 1.06 bits per heavy atom. The number of carbonyl (C=O) groups is 1. The number of para-hydroxylation sites is 1. The first-order valence-corrected chi connectivity index (χ1v) is 10.5. The lowest BCUT2D eigenvalue weighted by molar-refractivity contribution is -0.112. The quantitative estimate of drug-likeness (QED) is 0.328. The second-order valence-corrected chi connectivity index (χ2v) is 7.06. The maximum atomic E-state index is 13.2. The summed E-state index contributed by atoms with van der Waals surface area (Å²) in [7, 11) is 0. The second kappa shape index (κ2) is 10.1. The van der Waals surface area contributed by atoms with Crippen LogP contribution in [0.3, 0.4) is 0 Å². The summed E-state index contributed by atoms with van der Waals surface area (Å²) in [5.74, 6) is 0.440. The number of aromatic nitrogens is 2. The van der Waals surface area contributed by atoms with Gasteiger partial charge in [-0.15, -0.1) is 0 Å². The van der Waals surface area contributed by atoms with E-state index < -0.39 is 11.5 Å². The van der Waals surface area contributed by atoms with Crippen molar-refractivity contribution in [3.8, 4) is 23.4 Å². The van der Waals surface area contributed by atoms with Crippen LogP contribution in [0.1, 0.15) is 12.5 Å². The lowest BCUT2D eigenvalue weighted by Crippen LogP contribution is -2.20. The predicted octanol–water partition coefficient (Wildman–Crippen LogP) is 4.43. The second-order valence-electron chi connectivity index (χ2n) is 7.06. The number of amides is 1. The van der Waals surface area contributed by atoms with E-state index in [0.29, 0.717) is 29.4 Å². The van der Waals surface area contributed by atoms with Crippen LogP contribution in [0, 0.1) is 11.3 Å². The Bertz CT molecular complexity index is 1450. The fourth-order valence-corrected chi connectivity index (χ4v) is 3.18. The van der Waals surface area contributed by atoms with Crippen molar-refractivity contribution in [2.45, 2.75) is 6.92 Å². The molecule has 1 amide bonds. The molecule has 0 bridgehead atoms.